The van der Waals surface area contributed by atoms with Crippen molar-refractivity contribution in [2.75, 3.05) is 31.0 Å². The van der Waals surface area contributed by atoms with Gasteiger partial charge in [0.1, 0.15) is 5.75 Å². The normalized spacial score (nSPS) is 10.6. The van der Waals surface area contributed by atoms with Crippen LogP contribution in [0.4, 0.5) is 11.4 Å². The van der Waals surface area contributed by atoms with Gasteiger partial charge in [0.05, 0.1) is 23.5 Å². The predicted molar refractivity (Wildman–Crippen MR) is 158 cm³/mol. The second-order valence-electron chi connectivity index (χ2n) is 8.25. The van der Waals surface area contributed by atoms with Gasteiger partial charge < -0.3 is 24.8 Å². The number of carbonyl (C=O) groups is 3. The van der Waals surface area contributed by atoms with Gasteiger partial charge in [0.15, 0.2) is 18.1 Å². The minimum atomic E-state index is -0.906. The van der Waals surface area contributed by atoms with E-state index in [9.17, 15) is 14.4 Å². The number of aryl methyl sites for hydroxylation is 2. The third-order valence-corrected chi connectivity index (χ3v) is 6.16. The third kappa shape index (κ3) is 8.43. The summed E-state index contributed by atoms with van der Waals surface area (Å²) in [4.78, 5) is 36.9. The summed E-state index contributed by atoms with van der Waals surface area (Å²) in [7, 11) is 1.57. The predicted octanol–water partition coefficient (Wildman–Crippen LogP) is 4.42. The van der Waals surface area contributed by atoms with Gasteiger partial charge in [0.25, 0.3) is 5.91 Å². The lowest BCUT2D eigenvalue weighted by Gasteiger charge is -2.14. The van der Waals surface area contributed by atoms with Crippen LogP contribution in [-0.2, 0) is 14.4 Å². The quantitative estimate of drug-likeness (QED) is 0.130. The Balaban J connectivity index is 1.62. The zero-order valence-corrected chi connectivity index (χ0v) is 24.1. The van der Waals surface area contributed by atoms with Crippen LogP contribution in [0.15, 0.2) is 59.7 Å². The molecule has 0 aromatic heterocycles. The molecule has 0 radical (unpaired) electrons. The van der Waals surface area contributed by atoms with E-state index in [1.807, 2.05) is 39.0 Å². The van der Waals surface area contributed by atoms with Gasteiger partial charge in [0, 0.05) is 11.4 Å². The highest BCUT2D eigenvalue weighted by Gasteiger charge is 2.16. The molecule has 0 fully saturated rings. The van der Waals surface area contributed by atoms with Crippen molar-refractivity contribution in [2.24, 2.45) is 5.10 Å². The topological polar surface area (TPSA) is 127 Å². The number of carbonyl (C=O) groups excluding carboxylic acids is 3. The first-order valence-corrected chi connectivity index (χ1v) is 13.0. The van der Waals surface area contributed by atoms with Crippen LogP contribution >= 0.6 is 22.6 Å². The summed E-state index contributed by atoms with van der Waals surface area (Å²) in [6, 6.07) is 15.9. The molecule has 3 aromatic rings. The van der Waals surface area contributed by atoms with Gasteiger partial charge in [-0.3, -0.25) is 14.4 Å². The third-order valence-electron chi connectivity index (χ3n) is 5.36. The van der Waals surface area contributed by atoms with E-state index in [-0.39, 0.29) is 12.5 Å². The number of benzene rings is 3. The highest BCUT2D eigenvalue weighted by atomic mass is 127. The van der Waals surface area contributed by atoms with Gasteiger partial charge in [-0.1, -0.05) is 18.2 Å². The summed E-state index contributed by atoms with van der Waals surface area (Å²) in [5.41, 5.74) is 5.71. The molecule has 0 bridgehead atoms. The number of nitrogens with zero attached hydrogens (tertiary/aromatic N) is 1. The van der Waals surface area contributed by atoms with Crippen LogP contribution in [0.25, 0.3) is 0 Å². The lowest BCUT2D eigenvalue weighted by molar-refractivity contribution is -0.136. The second-order valence-corrected chi connectivity index (χ2v) is 9.41. The monoisotopic (exact) mass is 644 g/mol. The molecule has 0 aliphatic carbocycles. The Bertz CT molecular complexity index is 1350. The Morgan fingerprint density at radius 3 is 2.28 bits per heavy atom. The minimum Gasteiger partial charge on any atom is -0.497 e. The maximum absolute atomic E-state index is 12.4. The zero-order chi connectivity index (χ0) is 28.4. The molecule has 3 aromatic carbocycles. The first-order chi connectivity index (χ1) is 18.7. The van der Waals surface area contributed by atoms with Crippen LogP contribution in [0, 0.1) is 17.4 Å². The molecule has 0 saturated heterocycles. The number of nitrogens with one attached hydrogen (secondary N) is 3. The fourth-order valence-corrected chi connectivity index (χ4v) is 4.25. The maximum atomic E-state index is 12.4. The highest BCUT2D eigenvalue weighted by Crippen LogP contribution is 2.34. The maximum Gasteiger partial charge on any atom is 0.329 e. The number of hydrogen-bond acceptors (Lipinski definition) is 7. The van der Waals surface area contributed by atoms with Crippen LogP contribution in [0.1, 0.15) is 23.6 Å². The van der Waals surface area contributed by atoms with E-state index in [4.69, 9.17) is 14.2 Å². The molecule has 39 heavy (non-hydrogen) atoms. The fraction of sp³-hybridized carbons (Fsp3) is 0.214. The molecule has 0 aliphatic rings. The van der Waals surface area contributed by atoms with Gasteiger partial charge in [-0.2, -0.15) is 5.10 Å². The van der Waals surface area contributed by atoms with E-state index in [0.29, 0.717) is 44.4 Å². The van der Waals surface area contributed by atoms with Crippen LogP contribution in [-0.4, -0.2) is 44.3 Å². The van der Waals surface area contributed by atoms with Gasteiger partial charge in [-0.25, -0.2) is 5.43 Å². The Labute approximate surface area is 240 Å². The number of rotatable bonds is 10. The van der Waals surface area contributed by atoms with E-state index in [2.05, 4.69) is 43.8 Å². The lowest BCUT2D eigenvalue weighted by Crippen LogP contribution is -2.32. The van der Waals surface area contributed by atoms with Crippen LogP contribution < -0.4 is 30.3 Å². The van der Waals surface area contributed by atoms with Crippen molar-refractivity contribution < 1.29 is 28.6 Å². The van der Waals surface area contributed by atoms with E-state index in [1.165, 1.54) is 6.21 Å². The number of para-hydroxylation sites is 1. The first-order valence-electron chi connectivity index (χ1n) is 12.0. The van der Waals surface area contributed by atoms with E-state index < -0.39 is 11.8 Å². The molecule has 10 nitrogen and oxygen atoms in total. The number of anilines is 2. The van der Waals surface area contributed by atoms with Crippen molar-refractivity contribution in [1.29, 1.82) is 0 Å². The molecule has 0 unspecified atom stereocenters. The molecule has 3 amide bonds. The van der Waals surface area contributed by atoms with Crippen LogP contribution in [0.2, 0.25) is 0 Å². The van der Waals surface area contributed by atoms with Crippen LogP contribution in [0.3, 0.4) is 0 Å². The van der Waals surface area contributed by atoms with Crippen LogP contribution in [0.5, 0.6) is 17.2 Å². The van der Waals surface area contributed by atoms with Gasteiger partial charge >= 0.3 is 11.8 Å². The van der Waals surface area contributed by atoms with Crippen molar-refractivity contribution in [3.63, 3.8) is 0 Å². The number of hydrogen-bond donors (Lipinski definition) is 3. The fourth-order valence-electron chi connectivity index (χ4n) is 3.47. The van der Waals surface area contributed by atoms with E-state index >= 15 is 0 Å². The molecular formula is C28H29IN4O6. The van der Waals surface area contributed by atoms with Crippen molar-refractivity contribution >= 4 is 57.9 Å². The average Bonchev–Trinajstić information content (AvgIpc) is 2.90. The molecule has 3 N–H and O–H groups in total. The molecule has 0 saturated carbocycles. The van der Waals surface area contributed by atoms with Crippen molar-refractivity contribution in [2.45, 2.75) is 20.8 Å². The van der Waals surface area contributed by atoms with Gasteiger partial charge in [0.2, 0.25) is 0 Å². The SMILES string of the molecule is CCOc1cc(/C=N\NC(=O)C(=O)Nc2c(C)cccc2C)cc(I)c1OCC(=O)Nc1ccc(OC)cc1. The molecule has 11 heteroatoms. The number of halogens is 1. The largest absolute Gasteiger partial charge is 0.497 e. The summed E-state index contributed by atoms with van der Waals surface area (Å²) in [6.45, 7) is 5.64. The van der Waals surface area contributed by atoms with Crippen molar-refractivity contribution in [3.8, 4) is 17.2 Å². The molecule has 3 rings (SSSR count). The van der Waals surface area contributed by atoms with Crippen molar-refractivity contribution in [1.82, 2.24) is 5.43 Å². The van der Waals surface area contributed by atoms with Gasteiger partial charge in [-0.05, 0) is 96.5 Å². The number of hydrazone groups is 1. The summed E-state index contributed by atoms with van der Waals surface area (Å²) < 4.78 is 17.2. The van der Waals surface area contributed by atoms with E-state index in [0.717, 1.165) is 11.1 Å². The standard InChI is InChI=1S/C28H29IN4O6/c1-5-38-23-14-19(15-30-33-28(36)27(35)32-25-17(2)7-6-8-18(25)3)13-22(29)26(23)39-16-24(34)31-20-9-11-21(37-4)12-10-20/h6-15H,5,16H2,1-4H3,(H,31,34)(H,32,35)(H,33,36)/b30-15-. The Morgan fingerprint density at radius 1 is 0.949 bits per heavy atom. The zero-order valence-electron chi connectivity index (χ0n) is 22.0. The molecule has 0 aliphatic heterocycles. The summed E-state index contributed by atoms with van der Waals surface area (Å²) in [5.74, 6) is -0.587. The molecular weight excluding hydrogens is 615 g/mol. The Morgan fingerprint density at radius 2 is 1.64 bits per heavy atom. The number of methoxy groups -OCH3 is 1. The summed E-state index contributed by atoms with van der Waals surface area (Å²) in [5, 5.41) is 9.27. The second kappa shape index (κ2) is 14.1. The average molecular weight is 644 g/mol. The molecule has 0 heterocycles. The summed E-state index contributed by atoms with van der Waals surface area (Å²) in [6.07, 6.45) is 1.38. The summed E-state index contributed by atoms with van der Waals surface area (Å²) >= 11 is 2.06. The number of ether oxygens (including phenoxy) is 3. The Hall–Kier alpha value is -4.13. The Kier molecular flexibility index (Phi) is 10.7. The minimum absolute atomic E-state index is 0.235. The molecule has 204 valence electrons. The lowest BCUT2D eigenvalue weighted by atomic mass is 10.1. The first kappa shape index (κ1) is 29.4. The smallest absolute Gasteiger partial charge is 0.329 e. The van der Waals surface area contributed by atoms with Crippen molar-refractivity contribution in [3.05, 3.63) is 74.9 Å². The van der Waals surface area contributed by atoms with Gasteiger partial charge in [-0.15, -0.1) is 0 Å². The highest BCUT2D eigenvalue weighted by molar-refractivity contribution is 14.1. The van der Waals surface area contributed by atoms with E-state index in [1.54, 1.807) is 43.5 Å². The molecule has 0 atom stereocenters. The number of amides is 3. The molecule has 0 spiro atoms.